The first-order valence-electron chi connectivity index (χ1n) is 20.7. The van der Waals surface area contributed by atoms with Crippen molar-refractivity contribution < 1.29 is 38.6 Å². The van der Waals surface area contributed by atoms with Crippen LogP contribution in [-0.2, 0) is 41.6 Å². The second-order valence-corrected chi connectivity index (χ2v) is 16.3. The number of ether oxygens (including phenoxy) is 1. The van der Waals surface area contributed by atoms with Gasteiger partial charge in [0.15, 0.2) is 0 Å². The zero-order chi connectivity index (χ0) is 42.1. The van der Waals surface area contributed by atoms with Crippen LogP contribution in [0.25, 0.3) is 11.1 Å². The van der Waals surface area contributed by atoms with E-state index in [1.54, 1.807) is 30.0 Å². The second kappa shape index (κ2) is 16.6. The van der Waals surface area contributed by atoms with Gasteiger partial charge in [0.1, 0.15) is 30.3 Å². The van der Waals surface area contributed by atoms with Crippen LogP contribution in [-0.4, -0.2) is 101 Å². The molecule has 13 heteroatoms. The number of carboxylic acids is 1. The van der Waals surface area contributed by atoms with E-state index in [2.05, 4.69) is 10.6 Å². The molecule has 0 aromatic heterocycles. The molecule has 1 unspecified atom stereocenters. The maximum atomic E-state index is 14.9. The summed E-state index contributed by atoms with van der Waals surface area (Å²) >= 11 is 0. The molecule has 60 heavy (non-hydrogen) atoms. The lowest BCUT2D eigenvalue weighted by molar-refractivity contribution is -0.145. The van der Waals surface area contributed by atoms with Gasteiger partial charge in [-0.25, -0.2) is 4.79 Å². The minimum Gasteiger partial charge on any atom is -0.481 e. The molecule has 4 aliphatic rings. The number of alkyl carbamates (subject to hydrolysis) is 1. The third kappa shape index (κ3) is 7.60. The van der Waals surface area contributed by atoms with Crippen LogP contribution in [0.5, 0.6) is 0 Å². The molecule has 2 aliphatic heterocycles. The van der Waals surface area contributed by atoms with E-state index in [-0.39, 0.29) is 37.7 Å². The number of hydrogen-bond acceptors (Lipinski definition) is 7. The Kier molecular flexibility index (Phi) is 11.2. The van der Waals surface area contributed by atoms with E-state index in [4.69, 9.17) is 4.74 Å². The lowest BCUT2D eigenvalue weighted by atomic mass is 9.92. The molecule has 0 radical (unpaired) electrons. The summed E-state index contributed by atoms with van der Waals surface area (Å²) in [6.45, 7) is 2.84. The highest BCUT2D eigenvalue weighted by molar-refractivity contribution is 6.09. The zero-order valence-corrected chi connectivity index (χ0v) is 33.7. The number of benzene rings is 4. The van der Waals surface area contributed by atoms with Crippen LogP contribution in [0.4, 0.5) is 10.5 Å². The van der Waals surface area contributed by atoms with Crippen molar-refractivity contribution >= 4 is 41.4 Å². The number of likely N-dealkylation sites (N-methyl/N-ethyl adjacent to an activating group) is 1. The minimum absolute atomic E-state index is 0.0440. The zero-order valence-electron chi connectivity index (χ0n) is 33.7. The summed E-state index contributed by atoms with van der Waals surface area (Å²) in [7, 11) is 1.42. The summed E-state index contributed by atoms with van der Waals surface area (Å²) in [5.74, 6) is -4.83. The number of carbonyl (C=O) groups is 6. The average Bonchev–Trinajstić information content (AvgIpc) is 3.92. The largest absolute Gasteiger partial charge is 0.481 e. The summed E-state index contributed by atoms with van der Waals surface area (Å²) in [6.07, 6.45) is 1.88. The fourth-order valence-electron chi connectivity index (χ4n) is 9.28. The molecular formula is C47H49N5O8. The number of anilines is 1. The Morgan fingerprint density at radius 2 is 1.47 bits per heavy atom. The molecule has 2 heterocycles. The number of amides is 5. The number of nitrogens with zero attached hydrogens (tertiary/aromatic N) is 3. The highest BCUT2D eigenvalue weighted by Crippen LogP contribution is 2.47. The lowest BCUT2D eigenvalue weighted by Gasteiger charge is -2.42. The number of aliphatic carboxylic acids is 1. The number of carbonyl (C=O) groups excluding carboxylic acids is 5. The Labute approximate surface area is 348 Å². The number of fused-ring (bicyclic) bond motifs is 4. The third-order valence-electron chi connectivity index (χ3n) is 12.6. The number of piperidine rings is 1. The van der Waals surface area contributed by atoms with Gasteiger partial charge in [0, 0.05) is 44.6 Å². The molecule has 310 valence electrons. The van der Waals surface area contributed by atoms with Crippen LogP contribution in [0.2, 0.25) is 0 Å². The number of nitrogens with one attached hydrogen (secondary N) is 2. The first kappa shape index (κ1) is 40.3. The lowest BCUT2D eigenvalue weighted by Crippen LogP contribution is -2.63. The van der Waals surface area contributed by atoms with E-state index in [1.807, 2.05) is 84.9 Å². The molecule has 8 rings (SSSR count). The van der Waals surface area contributed by atoms with Gasteiger partial charge >= 0.3 is 12.1 Å². The molecule has 5 amide bonds. The number of likely N-dealkylation sites (tertiary alicyclic amines) is 1. The summed E-state index contributed by atoms with van der Waals surface area (Å²) < 4.78 is 5.74. The average molecular weight is 812 g/mol. The van der Waals surface area contributed by atoms with Gasteiger partial charge in [0.2, 0.25) is 17.7 Å². The molecule has 13 nitrogen and oxygen atoms in total. The molecule has 4 aromatic rings. The Balaban J connectivity index is 1.04. The number of para-hydroxylation sites is 1. The quantitative estimate of drug-likeness (QED) is 0.182. The van der Waals surface area contributed by atoms with Crippen LogP contribution in [0.15, 0.2) is 103 Å². The fraction of sp³-hybridized carbons (Fsp3) is 0.362. The van der Waals surface area contributed by atoms with Gasteiger partial charge < -0.3 is 30.3 Å². The van der Waals surface area contributed by atoms with Gasteiger partial charge in [-0.2, -0.15) is 0 Å². The van der Waals surface area contributed by atoms with Gasteiger partial charge in [0.05, 0.1) is 5.92 Å². The van der Waals surface area contributed by atoms with Crippen LogP contribution in [0.1, 0.15) is 60.8 Å². The van der Waals surface area contributed by atoms with E-state index >= 15 is 0 Å². The molecule has 0 bridgehead atoms. The van der Waals surface area contributed by atoms with E-state index in [0.717, 1.165) is 47.1 Å². The van der Waals surface area contributed by atoms with Crippen molar-refractivity contribution in [2.24, 2.45) is 5.92 Å². The number of rotatable bonds is 12. The second-order valence-electron chi connectivity index (χ2n) is 16.3. The summed E-state index contributed by atoms with van der Waals surface area (Å²) in [5, 5.41) is 15.7. The SMILES string of the molecule is C[C@H](NC(=O)[C@H](Cc1ccccc1)N1C(=O)[C@@H](N(C)C(=O)[C@@]2(NC(=O)OCC3c4ccccc4-c4ccccc43)CC2C(=O)O)Cc2ccccc21)C(=O)N1CCCCC1. The maximum Gasteiger partial charge on any atom is 0.408 e. The Hall–Kier alpha value is -6.50. The topological polar surface area (TPSA) is 166 Å². The molecule has 2 aliphatic carbocycles. The van der Waals surface area contributed by atoms with Gasteiger partial charge in [-0.3, -0.25) is 28.9 Å². The first-order valence-corrected chi connectivity index (χ1v) is 20.7. The van der Waals surface area contributed by atoms with Gasteiger partial charge in [0.25, 0.3) is 5.91 Å². The molecule has 4 aromatic carbocycles. The van der Waals surface area contributed by atoms with E-state index in [9.17, 15) is 33.9 Å². The molecule has 5 atom stereocenters. The molecule has 3 N–H and O–H groups in total. The molecule has 1 saturated heterocycles. The van der Waals surface area contributed by atoms with E-state index < -0.39 is 59.4 Å². The van der Waals surface area contributed by atoms with Crippen LogP contribution in [0.3, 0.4) is 0 Å². The van der Waals surface area contributed by atoms with E-state index in [1.165, 1.54) is 16.8 Å². The first-order chi connectivity index (χ1) is 29.0. The van der Waals surface area contributed by atoms with Crippen molar-refractivity contribution in [3.8, 4) is 11.1 Å². The minimum atomic E-state index is -1.86. The fourth-order valence-corrected chi connectivity index (χ4v) is 9.28. The van der Waals surface area contributed by atoms with E-state index in [0.29, 0.717) is 24.3 Å². The normalized spacial score (nSPS) is 21.4. The Bertz CT molecular complexity index is 2280. The number of hydrogen-bond donors (Lipinski definition) is 3. The van der Waals surface area contributed by atoms with Crippen molar-refractivity contribution in [1.29, 1.82) is 0 Å². The maximum absolute atomic E-state index is 14.9. The van der Waals surface area contributed by atoms with Gasteiger partial charge in [-0.1, -0.05) is 97.1 Å². The Morgan fingerprint density at radius 1 is 0.850 bits per heavy atom. The van der Waals surface area contributed by atoms with Crippen LogP contribution in [0, 0.1) is 5.92 Å². The highest BCUT2D eigenvalue weighted by Gasteiger charge is 2.67. The smallest absolute Gasteiger partial charge is 0.408 e. The van der Waals surface area contributed by atoms with Crippen LogP contribution < -0.4 is 15.5 Å². The Morgan fingerprint density at radius 3 is 2.12 bits per heavy atom. The predicted octanol–water partition coefficient (Wildman–Crippen LogP) is 4.91. The highest BCUT2D eigenvalue weighted by atomic mass is 16.5. The van der Waals surface area contributed by atoms with Crippen molar-refractivity contribution in [1.82, 2.24) is 20.4 Å². The number of carboxylic acid groups (broad SMARTS) is 1. The standard InChI is InChI=1S/C47H49N5O8/c1-29(42(54)51-23-13-4-14-24-51)48-41(53)39(25-30-15-5-3-6-16-30)52-38-22-12-7-17-31(38)26-40(43(52)55)50(2)45(58)47(27-37(47)44(56)57)49-46(59)60-28-36-34-20-10-8-18-32(34)33-19-9-11-21-35(33)36/h3,5-12,15-22,29,36-37,39-40H,4,13-14,23-28H2,1-2H3,(H,48,53)(H,49,59)(H,56,57)/t29-,37?,39-,40-,47+/m0/s1. The van der Waals surface area contributed by atoms with Crippen LogP contribution >= 0.6 is 0 Å². The van der Waals surface area contributed by atoms with Crippen molar-refractivity contribution in [3.05, 3.63) is 125 Å². The van der Waals surface area contributed by atoms with Gasteiger partial charge in [-0.05, 0) is 72.1 Å². The molecule has 0 spiro atoms. The van der Waals surface area contributed by atoms with Crippen molar-refractivity contribution in [2.45, 2.75) is 75.0 Å². The van der Waals surface area contributed by atoms with Crippen molar-refractivity contribution in [3.63, 3.8) is 0 Å². The third-order valence-corrected chi connectivity index (χ3v) is 12.6. The van der Waals surface area contributed by atoms with Crippen molar-refractivity contribution in [2.75, 3.05) is 31.6 Å². The van der Waals surface area contributed by atoms with Gasteiger partial charge in [-0.15, -0.1) is 0 Å². The predicted molar refractivity (Wildman–Crippen MR) is 223 cm³/mol. The monoisotopic (exact) mass is 811 g/mol. The summed E-state index contributed by atoms with van der Waals surface area (Å²) in [5.41, 5.74) is 4.17. The summed E-state index contributed by atoms with van der Waals surface area (Å²) in [4.78, 5) is 87.7. The molecule has 1 saturated carbocycles. The molecular weight excluding hydrogens is 763 g/mol. The molecule has 2 fully saturated rings. The summed E-state index contributed by atoms with van der Waals surface area (Å²) in [6, 6.07) is 29.0.